The van der Waals surface area contributed by atoms with Crippen molar-refractivity contribution in [3.63, 3.8) is 0 Å². The SMILES string of the molecule is Cc1ccc(NN2C(=O)C3CC4C(=CCC5C(=O)N(N(C)c6nc(C(F)(F)F)ccc6Cl)C(=O)C54)C(c4ccc(O)c(C)c4)C3(c3ccccc3)C2=O)cc1. The molecular weight excluding hydrogens is 735 g/mol. The first-order valence-corrected chi connectivity index (χ1v) is 18.1. The summed E-state index contributed by atoms with van der Waals surface area (Å²) in [4.78, 5) is 62.5. The first-order valence-electron chi connectivity index (χ1n) is 17.8. The molecule has 10 nitrogen and oxygen atoms in total. The molecule has 8 rings (SSSR count). The second kappa shape index (κ2) is 13.0. The van der Waals surface area contributed by atoms with Gasteiger partial charge in [0.2, 0.25) is 0 Å². The molecule has 1 aromatic heterocycles. The lowest BCUT2D eigenvalue weighted by molar-refractivity contribution is -0.142. The van der Waals surface area contributed by atoms with E-state index in [1.165, 1.54) is 13.1 Å². The van der Waals surface area contributed by atoms with Gasteiger partial charge < -0.3 is 5.11 Å². The van der Waals surface area contributed by atoms with Gasteiger partial charge in [-0.25, -0.2) is 4.98 Å². The van der Waals surface area contributed by atoms with Crippen LogP contribution in [0.5, 0.6) is 5.75 Å². The average molecular weight is 770 g/mol. The Morgan fingerprint density at radius 2 is 1.62 bits per heavy atom. The molecular formula is C41H35ClF3N5O5. The molecule has 4 aromatic rings. The van der Waals surface area contributed by atoms with Gasteiger partial charge in [-0.2, -0.15) is 23.2 Å². The van der Waals surface area contributed by atoms with Gasteiger partial charge in [-0.05, 0) is 79.6 Å². The summed E-state index contributed by atoms with van der Waals surface area (Å²) < 4.78 is 41.0. The van der Waals surface area contributed by atoms with E-state index in [0.29, 0.717) is 34.0 Å². The van der Waals surface area contributed by atoms with E-state index < -0.39 is 76.3 Å². The number of rotatable bonds is 6. The number of nitrogens with one attached hydrogen (secondary N) is 1. The Bertz CT molecular complexity index is 2300. The number of phenols is 1. The number of fused-ring (bicyclic) bond motifs is 4. The average Bonchev–Trinajstić information content (AvgIpc) is 3.54. The number of amides is 4. The minimum Gasteiger partial charge on any atom is -0.508 e. The van der Waals surface area contributed by atoms with Crippen LogP contribution in [-0.4, -0.2) is 50.8 Å². The number of hydrogen-bond acceptors (Lipinski definition) is 8. The van der Waals surface area contributed by atoms with Crippen LogP contribution in [0.4, 0.5) is 24.7 Å². The lowest BCUT2D eigenvalue weighted by Gasteiger charge is -2.50. The smallest absolute Gasteiger partial charge is 0.433 e. The Morgan fingerprint density at radius 3 is 2.29 bits per heavy atom. The van der Waals surface area contributed by atoms with Crippen molar-refractivity contribution in [2.45, 2.75) is 44.2 Å². The number of hydrogen-bond donors (Lipinski definition) is 2. The lowest BCUT2D eigenvalue weighted by Crippen LogP contribution is -2.53. The van der Waals surface area contributed by atoms with Crippen molar-refractivity contribution >= 4 is 46.7 Å². The molecule has 0 bridgehead atoms. The number of nitrogens with zero attached hydrogens (tertiary/aromatic N) is 4. The molecule has 14 heteroatoms. The van der Waals surface area contributed by atoms with Crippen LogP contribution in [0.15, 0.2) is 96.6 Å². The zero-order valence-corrected chi connectivity index (χ0v) is 30.6. The van der Waals surface area contributed by atoms with Crippen LogP contribution in [-0.2, 0) is 30.8 Å². The number of halogens is 4. The van der Waals surface area contributed by atoms with Crippen LogP contribution in [0, 0.1) is 37.5 Å². The molecule has 6 unspecified atom stereocenters. The third kappa shape index (κ3) is 5.50. The molecule has 3 fully saturated rings. The summed E-state index contributed by atoms with van der Waals surface area (Å²) in [6, 6.07) is 23.0. The van der Waals surface area contributed by atoms with E-state index in [2.05, 4.69) is 10.4 Å². The van der Waals surface area contributed by atoms with Crippen molar-refractivity contribution in [3.05, 3.63) is 130 Å². The van der Waals surface area contributed by atoms with Gasteiger partial charge in [0.05, 0.1) is 33.9 Å². The van der Waals surface area contributed by atoms with Crippen LogP contribution >= 0.6 is 11.6 Å². The molecule has 2 saturated heterocycles. The summed E-state index contributed by atoms with van der Waals surface area (Å²) in [6.45, 7) is 3.64. The molecule has 4 amide bonds. The van der Waals surface area contributed by atoms with Gasteiger partial charge in [0.1, 0.15) is 11.4 Å². The Morgan fingerprint density at radius 1 is 0.909 bits per heavy atom. The zero-order chi connectivity index (χ0) is 39.1. The summed E-state index contributed by atoms with van der Waals surface area (Å²) in [7, 11) is 1.26. The molecule has 6 atom stereocenters. The van der Waals surface area contributed by atoms with Crippen LogP contribution in [0.3, 0.4) is 0 Å². The standard InChI is InChI=1S/C41H35ClF3N5O5/c1-21-9-12-25(13-10-21)47-49-37(53)29-20-28-26(34(23-11-17-31(51)22(2)19-23)40(29,39(49)55)24-7-5-4-6-8-24)14-15-27-33(28)38(54)50(36(27)52)48(3)35-30(42)16-18-32(46-35)41(43,44)45/h4-14,16-19,27-29,33-34,47,51H,15,20H2,1-3H3. The second-order valence-corrected chi connectivity index (χ2v) is 15.1. The lowest BCUT2D eigenvalue weighted by atomic mass is 9.49. The summed E-state index contributed by atoms with van der Waals surface area (Å²) in [5.41, 5.74) is 4.23. The highest BCUT2D eigenvalue weighted by atomic mass is 35.5. The van der Waals surface area contributed by atoms with Crippen molar-refractivity contribution in [2.24, 2.45) is 23.7 Å². The van der Waals surface area contributed by atoms with E-state index in [1.54, 1.807) is 43.3 Å². The number of aromatic nitrogens is 1. The molecule has 1 saturated carbocycles. The van der Waals surface area contributed by atoms with E-state index in [-0.39, 0.29) is 23.6 Å². The molecule has 2 N–H and O–H groups in total. The van der Waals surface area contributed by atoms with E-state index >= 15 is 4.79 Å². The van der Waals surface area contributed by atoms with Crippen LogP contribution in [0.25, 0.3) is 0 Å². The van der Waals surface area contributed by atoms with Gasteiger partial charge in [-0.15, -0.1) is 0 Å². The van der Waals surface area contributed by atoms with E-state index in [1.807, 2.05) is 43.3 Å². The highest BCUT2D eigenvalue weighted by molar-refractivity contribution is 6.33. The number of hydrazine groups is 2. The number of aromatic hydroxyl groups is 1. The second-order valence-electron chi connectivity index (χ2n) is 14.6. The van der Waals surface area contributed by atoms with Crippen molar-refractivity contribution in [1.29, 1.82) is 0 Å². The number of anilines is 2. The molecule has 55 heavy (non-hydrogen) atoms. The maximum Gasteiger partial charge on any atom is 0.433 e. The fourth-order valence-electron chi connectivity index (χ4n) is 9.17. The van der Waals surface area contributed by atoms with Crippen molar-refractivity contribution < 1.29 is 37.5 Å². The number of carbonyl (C=O) groups excluding carboxylic acids is 4. The maximum absolute atomic E-state index is 15.3. The molecule has 0 spiro atoms. The minimum absolute atomic E-state index is 0.0191. The van der Waals surface area contributed by atoms with Gasteiger partial charge in [0, 0.05) is 13.0 Å². The summed E-state index contributed by atoms with van der Waals surface area (Å²) in [5, 5.41) is 13.2. The fraction of sp³-hybridized carbons (Fsp3) is 0.293. The van der Waals surface area contributed by atoms with Crippen LogP contribution in [0.1, 0.15) is 46.7 Å². The quantitative estimate of drug-likeness (QED) is 0.157. The van der Waals surface area contributed by atoms with E-state index in [9.17, 15) is 32.7 Å². The first kappa shape index (κ1) is 36.3. The van der Waals surface area contributed by atoms with Crippen LogP contribution in [0.2, 0.25) is 5.02 Å². The summed E-state index contributed by atoms with van der Waals surface area (Å²) >= 11 is 6.30. The van der Waals surface area contributed by atoms with Gasteiger partial charge in [0.25, 0.3) is 23.6 Å². The number of allylic oxidation sites excluding steroid dienone is 2. The zero-order valence-electron chi connectivity index (χ0n) is 29.8. The molecule has 3 aromatic carbocycles. The number of pyridine rings is 1. The number of imide groups is 2. The maximum atomic E-state index is 15.3. The van der Waals surface area contributed by atoms with Gasteiger partial charge in [-0.1, -0.05) is 83.4 Å². The summed E-state index contributed by atoms with van der Waals surface area (Å²) in [5.74, 6) is -7.21. The first-order chi connectivity index (χ1) is 26.1. The summed E-state index contributed by atoms with van der Waals surface area (Å²) in [6.07, 6.45) is -2.83. The molecule has 0 radical (unpaired) electrons. The van der Waals surface area contributed by atoms with Crippen molar-refractivity contribution in [3.8, 4) is 5.75 Å². The molecule has 4 aliphatic rings. The van der Waals surface area contributed by atoms with Gasteiger partial charge >= 0.3 is 6.18 Å². The third-order valence-corrected chi connectivity index (χ3v) is 11.9. The fourth-order valence-corrected chi connectivity index (χ4v) is 9.40. The number of alkyl halides is 3. The topological polar surface area (TPSA) is 123 Å². The highest BCUT2D eigenvalue weighted by Crippen LogP contribution is 2.64. The minimum atomic E-state index is -4.81. The Hall–Kier alpha value is -5.69. The monoisotopic (exact) mass is 769 g/mol. The van der Waals surface area contributed by atoms with Crippen molar-refractivity contribution in [2.75, 3.05) is 17.5 Å². The molecule has 282 valence electrons. The normalized spacial score (nSPS) is 26.1. The number of phenolic OH excluding ortho intramolecular Hbond substituents is 1. The molecule has 2 aliphatic carbocycles. The highest BCUT2D eigenvalue weighted by Gasteiger charge is 2.70. The number of benzene rings is 3. The Balaban J connectivity index is 1.27. The number of carbonyl (C=O) groups is 4. The van der Waals surface area contributed by atoms with Gasteiger partial charge in [-0.3, -0.25) is 29.6 Å². The largest absolute Gasteiger partial charge is 0.508 e. The molecule has 3 heterocycles. The number of aryl methyl sites for hydroxylation is 2. The van der Waals surface area contributed by atoms with E-state index in [0.717, 1.165) is 26.7 Å². The third-order valence-electron chi connectivity index (χ3n) is 11.6. The predicted octanol–water partition coefficient (Wildman–Crippen LogP) is 7.11. The van der Waals surface area contributed by atoms with Gasteiger partial charge in [0.15, 0.2) is 5.82 Å². The predicted molar refractivity (Wildman–Crippen MR) is 196 cm³/mol. The van der Waals surface area contributed by atoms with Crippen molar-refractivity contribution in [1.82, 2.24) is 15.0 Å². The Kier molecular flexibility index (Phi) is 8.56. The van der Waals surface area contributed by atoms with E-state index in [4.69, 9.17) is 11.6 Å². The Labute approximate surface area is 319 Å². The molecule has 2 aliphatic heterocycles. The van der Waals surface area contributed by atoms with Crippen LogP contribution < -0.4 is 10.4 Å².